The Morgan fingerprint density at radius 1 is 1.32 bits per heavy atom. The van der Waals surface area contributed by atoms with Crippen LogP contribution < -0.4 is 5.32 Å². The first-order valence-electron chi connectivity index (χ1n) is 6.98. The molecule has 3 nitrogen and oxygen atoms in total. The van der Waals surface area contributed by atoms with Gasteiger partial charge in [0, 0.05) is 24.6 Å². The van der Waals surface area contributed by atoms with E-state index < -0.39 is 0 Å². The molecule has 0 saturated heterocycles. The van der Waals surface area contributed by atoms with E-state index in [1.165, 1.54) is 24.0 Å². The van der Waals surface area contributed by atoms with Crippen LogP contribution in [0.2, 0.25) is 0 Å². The van der Waals surface area contributed by atoms with Gasteiger partial charge in [-0.25, -0.2) is 4.98 Å². The Bertz CT molecular complexity index is 570. The zero-order valence-electron chi connectivity index (χ0n) is 11.6. The third-order valence-electron chi connectivity index (χ3n) is 3.55. The van der Waals surface area contributed by atoms with E-state index in [1.807, 2.05) is 6.20 Å². The molecular formula is C16H20N2O. The molecule has 1 saturated carbocycles. The van der Waals surface area contributed by atoms with E-state index >= 15 is 0 Å². The summed E-state index contributed by atoms with van der Waals surface area (Å²) in [7, 11) is 0. The molecule has 1 N–H and O–H groups in total. The minimum absolute atomic E-state index is 0.744. The monoisotopic (exact) mass is 256 g/mol. The Kier molecular flexibility index (Phi) is 3.38. The summed E-state index contributed by atoms with van der Waals surface area (Å²) in [6, 6.07) is 7.14. The molecule has 0 unspecified atom stereocenters. The summed E-state index contributed by atoms with van der Waals surface area (Å²) in [5.74, 6) is 1.70. The summed E-state index contributed by atoms with van der Waals surface area (Å²) in [6.45, 7) is 5.17. The van der Waals surface area contributed by atoms with E-state index in [2.05, 4.69) is 42.3 Å². The van der Waals surface area contributed by atoms with Crippen LogP contribution in [0.4, 0.5) is 0 Å². The lowest BCUT2D eigenvalue weighted by Crippen LogP contribution is -2.19. The lowest BCUT2D eigenvalue weighted by atomic mass is 10.0. The van der Waals surface area contributed by atoms with Gasteiger partial charge in [0.2, 0.25) is 0 Å². The fourth-order valence-electron chi connectivity index (χ4n) is 2.31. The van der Waals surface area contributed by atoms with Gasteiger partial charge >= 0.3 is 0 Å². The van der Waals surface area contributed by atoms with Crippen LogP contribution in [0.1, 0.15) is 29.9 Å². The van der Waals surface area contributed by atoms with Crippen LogP contribution in [0, 0.1) is 13.8 Å². The average molecular weight is 256 g/mol. The smallest absolute Gasteiger partial charge is 0.196 e. The van der Waals surface area contributed by atoms with Gasteiger partial charge in [0.1, 0.15) is 0 Å². The van der Waals surface area contributed by atoms with Gasteiger partial charge < -0.3 is 9.73 Å². The van der Waals surface area contributed by atoms with E-state index in [1.54, 1.807) is 0 Å². The molecule has 19 heavy (non-hydrogen) atoms. The van der Waals surface area contributed by atoms with Gasteiger partial charge in [-0.05, 0) is 32.3 Å². The molecule has 0 amide bonds. The van der Waals surface area contributed by atoms with Crippen molar-refractivity contribution >= 4 is 0 Å². The van der Waals surface area contributed by atoms with Gasteiger partial charge in [-0.2, -0.15) is 0 Å². The number of rotatable bonds is 5. The summed E-state index contributed by atoms with van der Waals surface area (Å²) < 4.78 is 5.84. The van der Waals surface area contributed by atoms with Crippen molar-refractivity contribution in [2.24, 2.45) is 0 Å². The van der Waals surface area contributed by atoms with Crippen molar-refractivity contribution in [3.8, 4) is 11.3 Å². The van der Waals surface area contributed by atoms with E-state index in [0.29, 0.717) is 0 Å². The largest absolute Gasteiger partial charge is 0.441 e. The van der Waals surface area contributed by atoms with E-state index in [4.69, 9.17) is 4.42 Å². The van der Waals surface area contributed by atoms with Crippen LogP contribution in [0.25, 0.3) is 11.3 Å². The number of nitrogens with one attached hydrogen (secondary N) is 1. The van der Waals surface area contributed by atoms with Gasteiger partial charge in [0.05, 0.1) is 6.20 Å². The summed E-state index contributed by atoms with van der Waals surface area (Å²) >= 11 is 0. The van der Waals surface area contributed by atoms with Crippen molar-refractivity contribution in [2.45, 2.75) is 39.2 Å². The molecule has 0 atom stereocenters. The SMILES string of the molecule is Cc1ccc(-c2cnc(CCNC3CC3)o2)c(C)c1. The van der Waals surface area contributed by atoms with Crippen molar-refractivity contribution in [1.29, 1.82) is 0 Å². The molecule has 0 aliphatic heterocycles. The van der Waals surface area contributed by atoms with Crippen molar-refractivity contribution in [2.75, 3.05) is 6.54 Å². The molecule has 3 heteroatoms. The van der Waals surface area contributed by atoms with Gasteiger partial charge in [-0.3, -0.25) is 0 Å². The Labute approximate surface area is 114 Å². The average Bonchev–Trinajstić information content (AvgIpc) is 3.07. The Morgan fingerprint density at radius 3 is 2.89 bits per heavy atom. The first kappa shape index (κ1) is 12.4. The number of oxazole rings is 1. The second-order valence-electron chi connectivity index (χ2n) is 5.42. The number of nitrogens with zero attached hydrogens (tertiary/aromatic N) is 1. The number of hydrogen-bond donors (Lipinski definition) is 1. The zero-order chi connectivity index (χ0) is 13.2. The lowest BCUT2D eigenvalue weighted by molar-refractivity contribution is 0.494. The fourth-order valence-corrected chi connectivity index (χ4v) is 2.31. The summed E-state index contributed by atoms with van der Waals surface area (Å²) in [4.78, 5) is 4.37. The van der Waals surface area contributed by atoms with Crippen LogP contribution >= 0.6 is 0 Å². The Hall–Kier alpha value is -1.61. The van der Waals surface area contributed by atoms with Crippen LogP contribution in [-0.4, -0.2) is 17.6 Å². The molecule has 1 aromatic carbocycles. The quantitative estimate of drug-likeness (QED) is 0.892. The molecule has 1 heterocycles. The van der Waals surface area contributed by atoms with Crippen LogP contribution in [0.15, 0.2) is 28.8 Å². The molecule has 0 spiro atoms. The maximum Gasteiger partial charge on any atom is 0.196 e. The second-order valence-corrected chi connectivity index (χ2v) is 5.42. The first-order valence-corrected chi connectivity index (χ1v) is 6.98. The van der Waals surface area contributed by atoms with Crippen molar-refractivity contribution in [1.82, 2.24) is 10.3 Å². The third kappa shape index (κ3) is 3.04. The van der Waals surface area contributed by atoms with Gasteiger partial charge in [0.25, 0.3) is 0 Å². The first-order chi connectivity index (χ1) is 9.22. The minimum atomic E-state index is 0.744. The molecule has 1 fully saturated rings. The van der Waals surface area contributed by atoms with E-state index in [9.17, 15) is 0 Å². The molecule has 0 bridgehead atoms. The lowest BCUT2D eigenvalue weighted by Gasteiger charge is -2.03. The molecule has 1 aromatic heterocycles. The van der Waals surface area contributed by atoms with Crippen LogP contribution in [0.3, 0.4) is 0 Å². The van der Waals surface area contributed by atoms with Crippen molar-refractivity contribution < 1.29 is 4.42 Å². The van der Waals surface area contributed by atoms with Gasteiger partial charge in [0.15, 0.2) is 11.7 Å². The van der Waals surface area contributed by atoms with Crippen molar-refractivity contribution in [3.05, 3.63) is 41.4 Å². The topological polar surface area (TPSA) is 38.1 Å². The zero-order valence-corrected chi connectivity index (χ0v) is 11.6. The van der Waals surface area contributed by atoms with Crippen molar-refractivity contribution in [3.63, 3.8) is 0 Å². The minimum Gasteiger partial charge on any atom is -0.441 e. The highest BCUT2D eigenvalue weighted by Crippen LogP contribution is 2.25. The Balaban J connectivity index is 1.68. The fraction of sp³-hybridized carbons (Fsp3) is 0.438. The van der Waals surface area contributed by atoms with Crippen LogP contribution in [0.5, 0.6) is 0 Å². The summed E-state index contributed by atoms with van der Waals surface area (Å²) in [5.41, 5.74) is 3.65. The molecule has 2 aromatic rings. The van der Waals surface area contributed by atoms with E-state index in [-0.39, 0.29) is 0 Å². The third-order valence-corrected chi connectivity index (χ3v) is 3.55. The number of benzene rings is 1. The molecule has 100 valence electrons. The maximum absolute atomic E-state index is 5.84. The molecule has 0 radical (unpaired) electrons. The highest BCUT2D eigenvalue weighted by atomic mass is 16.4. The van der Waals surface area contributed by atoms with E-state index in [0.717, 1.165) is 36.2 Å². The molecule has 1 aliphatic rings. The second kappa shape index (κ2) is 5.17. The highest BCUT2D eigenvalue weighted by Gasteiger charge is 2.20. The predicted octanol–water partition coefficient (Wildman–Crippen LogP) is 3.25. The molecule has 3 rings (SSSR count). The Morgan fingerprint density at radius 2 is 2.16 bits per heavy atom. The maximum atomic E-state index is 5.84. The standard InChI is InChI=1S/C16H20N2O/c1-11-3-6-14(12(2)9-11)15-10-18-16(19-15)7-8-17-13-4-5-13/h3,6,9-10,13,17H,4-5,7-8H2,1-2H3. The highest BCUT2D eigenvalue weighted by molar-refractivity contribution is 5.61. The number of aromatic nitrogens is 1. The predicted molar refractivity (Wildman–Crippen MR) is 76.1 cm³/mol. The number of hydrogen-bond acceptors (Lipinski definition) is 3. The summed E-state index contributed by atoms with van der Waals surface area (Å²) in [5, 5.41) is 3.47. The molecular weight excluding hydrogens is 236 g/mol. The molecule has 1 aliphatic carbocycles. The van der Waals surface area contributed by atoms with Gasteiger partial charge in [-0.1, -0.05) is 23.8 Å². The normalized spacial score (nSPS) is 14.8. The van der Waals surface area contributed by atoms with Gasteiger partial charge in [-0.15, -0.1) is 0 Å². The summed E-state index contributed by atoms with van der Waals surface area (Å²) in [6.07, 6.45) is 5.34. The number of aryl methyl sites for hydroxylation is 2. The van der Waals surface area contributed by atoms with Crippen LogP contribution in [-0.2, 0) is 6.42 Å².